The van der Waals surface area contributed by atoms with Crippen molar-refractivity contribution in [3.05, 3.63) is 0 Å². The van der Waals surface area contributed by atoms with Crippen LogP contribution in [0.1, 0.15) is 38.5 Å². The van der Waals surface area contributed by atoms with Crippen LogP contribution in [-0.4, -0.2) is 66.7 Å². The second-order valence-electron chi connectivity index (χ2n) is 5.71. The predicted octanol–water partition coefficient (Wildman–Crippen LogP) is 0.741. The lowest BCUT2D eigenvalue weighted by Crippen LogP contribution is -2.42. The largest absolute Gasteiger partial charge is 0.481 e. The Kier molecular flexibility index (Phi) is 5.40. The number of aliphatic carboxylic acids is 1. The van der Waals surface area contributed by atoms with Gasteiger partial charge in [-0.1, -0.05) is 6.42 Å². The Labute approximate surface area is 120 Å². The van der Waals surface area contributed by atoms with Gasteiger partial charge < -0.3 is 5.11 Å². The van der Waals surface area contributed by atoms with Gasteiger partial charge in [0.15, 0.2) is 0 Å². The molecule has 0 aromatic rings. The first-order valence-corrected chi connectivity index (χ1v) is 9.03. The number of rotatable bonds is 6. The molecule has 0 saturated carbocycles. The molecule has 1 atom stereocenters. The van der Waals surface area contributed by atoms with Gasteiger partial charge in [0.2, 0.25) is 10.0 Å². The van der Waals surface area contributed by atoms with E-state index in [0.29, 0.717) is 19.1 Å². The molecule has 2 heterocycles. The van der Waals surface area contributed by atoms with Crippen molar-refractivity contribution in [2.45, 2.75) is 44.6 Å². The van der Waals surface area contributed by atoms with Crippen LogP contribution in [0.2, 0.25) is 0 Å². The molecular formula is C13H24N2O4S. The minimum absolute atomic E-state index is 0.0496. The Balaban J connectivity index is 1.82. The molecular weight excluding hydrogens is 280 g/mol. The number of hydrogen-bond donors (Lipinski definition) is 1. The van der Waals surface area contributed by atoms with Crippen LogP contribution in [0.15, 0.2) is 0 Å². The Morgan fingerprint density at radius 1 is 1.15 bits per heavy atom. The maximum atomic E-state index is 12.2. The molecule has 116 valence electrons. The van der Waals surface area contributed by atoms with Crippen molar-refractivity contribution in [3.63, 3.8) is 0 Å². The number of hydrogen-bond acceptors (Lipinski definition) is 4. The number of carbonyl (C=O) groups is 1. The van der Waals surface area contributed by atoms with E-state index in [1.807, 2.05) is 0 Å². The molecule has 0 spiro atoms. The van der Waals surface area contributed by atoms with E-state index in [0.717, 1.165) is 19.5 Å². The normalized spacial score (nSPS) is 25.9. The van der Waals surface area contributed by atoms with Crippen molar-refractivity contribution in [2.75, 3.05) is 31.9 Å². The Hall–Kier alpha value is -0.660. The molecule has 2 fully saturated rings. The summed E-state index contributed by atoms with van der Waals surface area (Å²) in [6, 6.07) is 0.351. The van der Waals surface area contributed by atoms with E-state index in [1.54, 1.807) is 4.31 Å². The van der Waals surface area contributed by atoms with Crippen LogP contribution >= 0.6 is 0 Å². The summed E-state index contributed by atoms with van der Waals surface area (Å²) in [7, 11) is -3.28. The van der Waals surface area contributed by atoms with Crippen molar-refractivity contribution < 1.29 is 18.3 Å². The third-order valence-corrected chi connectivity index (χ3v) is 6.14. The minimum Gasteiger partial charge on any atom is -0.481 e. The Morgan fingerprint density at radius 3 is 2.50 bits per heavy atom. The van der Waals surface area contributed by atoms with Crippen LogP contribution in [0.25, 0.3) is 0 Å². The fourth-order valence-electron chi connectivity index (χ4n) is 3.08. The van der Waals surface area contributed by atoms with Crippen LogP contribution in [0.3, 0.4) is 0 Å². The highest BCUT2D eigenvalue weighted by Gasteiger charge is 2.34. The first-order valence-electron chi connectivity index (χ1n) is 7.43. The maximum Gasteiger partial charge on any atom is 0.303 e. The van der Waals surface area contributed by atoms with E-state index in [1.165, 1.54) is 19.3 Å². The zero-order chi connectivity index (χ0) is 14.6. The number of carboxylic acid groups (broad SMARTS) is 1. The van der Waals surface area contributed by atoms with E-state index in [4.69, 9.17) is 5.11 Å². The van der Waals surface area contributed by atoms with E-state index >= 15 is 0 Å². The third kappa shape index (κ3) is 4.17. The molecule has 20 heavy (non-hydrogen) atoms. The van der Waals surface area contributed by atoms with Gasteiger partial charge in [-0.05, 0) is 38.8 Å². The molecule has 1 N–H and O–H groups in total. The van der Waals surface area contributed by atoms with Crippen molar-refractivity contribution in [1.82, 2.24) is 9.21 Å². The van der Waals surface area contributed by atoms with E-state index in [2.05, 4.69) is 4.90 Å². The standard InChI is InChI=1S/C13H24N2O4S/c16-13(17)5-4-10-20(18,19)15-9-6-12(11-15)14-7-2-1-3-8-14/h12H,1-11H2,(H,16,17). The molecule has 2 aliphatic heterocycles. The molecule has 0 radical (unpaired) electrons. The lowest BCUT2D eigenvalue weighted by molar-refractivity contribution is -0.137. The van der Waals surface area contributed by atoms with Crippen LogP contribution < -0.4 is 0 Å². The van der Waals surface area contributed by atoms with Gasteiger partial charge >= 0.3 is 5.97 Å². The van der Waals surface area contributed by atoms with E-state index < -0.39 is 16.0 Å². The van der Waals surface area contributed by atoms with E-state index in [9.17, 15) is 13.2 Å². The summed E-state index contributed by atoms with van der Waals surface area (Å²) in [5.41, 5.74) is 0. The van der Waals surface area contributed by atoms with Crippen LogP contribution in [0.5, 0.6) is 0 Å². The molecule has 0 aromatic heterocycles. The molecule has 2 saturated heterocycles. The first kappa shape index (κ1) is 15.7. The second kappa shape index (κ2) is 6.87. The van der Waals surface area contributed by atoms with Gasteiger partial charge in [-0.15, -0.1) is 0 Å². The minimum atomic E-state index is -3.28. The molecule has 1 unspecified atom stereocenters. The molecule has 0 aliphatic carbocycles. The van der Waals surface area contributed by atoms with Crippen LogP contribution in [-0.2, 0) is 14.8 Å². The van der Waals surface area contributed by atoms with Crippen molar-refractivity contribution >= 4 is 16.0 Å². The lowest BCUT2D eigenvalue weighted by atomic mass is 10.1. The highest BCUT2D eigenvalue weighted by atomic mass is 32.2. The summed E-state index contributed by atoms with van der Waals surface area (Å²) >= 11 is 0. The summed E-state index contributed by atoms with van der Waals surface area (Å²) in [4.78, 5) is 12.9. The zero-order valence-corrected chi connectivity index (χ0v) is 12.6. The van der Waals surface area contributed by atoms with Crippen molar-refractivity contribution in [2.24, 2.45) is 0 Å². The van der Waals surface area contributed by atoms with Gasteiger partial charge in [0.25, 0.3) is 0 Å². The molecule has 7 heteroatoms. The van der Waals surface area contributed by atoms with E-state index in [-0.39, 0.29) is 18.6 Å². The number of nitrogens with zero attached hydrogens (tertiary/aromatic N) is 2. The topological polar surface area (TPSA) is 77.9 Å². The molecule has 6 nitrogen and oxygen atoms in total. The van der Waals surface area contributed by atoms with Gasteiger partial charge in [0.05, 0.1) is 5.75 Å². The molecule has 0 aromatic carbocycles. The highest BCUT2D eigenvalue weighted by molar-refractivity contribution is 7.89. The SMILES string of the molecule is O=C(O)CCCS(=O)(=O)N1CCC(N2CCCCC2)C1. The fraction of sp³-hybridized carbons (Fsp3) is 0.923. The number of likely N-dealkylation sites (tertiary alicyclic amines) is 1. The van der Waals surface area contributed by atoms with Gasteiger partial charge in [0, 0.05) is 25.6 Å². The van der Waals surface area contributed by atoms with Crippen molar-refractivity contribution in [1.29, 1.82) is 0 Å². The average Bonchev–Trinajstić information content (AvgIpc) is 2.89. The zero-order valence-electron chi connectivity index (χ0n) is 11.8. The molecule has 2 aliphatic rings. The summed E-state index contributed by atoms with van der Waals surface area (Å²) < 4.78 is 25.9. The number of piperidine rings is 1. The smallest absolute Gasteiger partial charge is 0.303 e. The number of sulfonamides is 1. The molecule has 0 bridgehead atoms. The molecule has 2 rings (SSSR count). The lowest BCUT2D eigenvalue weighted by Gasteiger charge is -2.32. The monoisotopic (exact) mass is 304 g/mol. The van der Waals surface area contributed by atoms with Gasteiger partial charge in [-0.25, -0.2) is 12.7 Å². The Bertz CT molecular complexity index is 432. The maximum absolute atomic E-state index is 12.2. The van der Waals surface area contributed by atoms with Crippen molar-refractivity contribution in [3.8, 4) is 0 Å². The van der Waals surface area contributed by atoms with Gasteiger partial charge in [0.1, 0.15) is 0 Å². The van der Waals surface area contributed by atoms with Gasteiger partial charge in [-0.2, -0.15) is 0 Å². The fourth-order valence-corrected chi connectivity index (χ4v) is 4.63. The van der Waals surface area contributed by atoms with Crippen LogP contribution in [0, 0.1) is 0 Å². The first-order chi connectivity index (χ1) is 9.49. The highest BCUT2D eigenvalue weighted by Crippen LogP contribution is 2.22. The van der Waals surface area contributed by atoms with Gasteiger partial charge in [-0.3, -0.25) is 9.69 Å². The second-order valence-corrected chi connectivity index (χ2v) is 7.80. The third-order valence-electron chi connectivity index (χ3n) is 4.22. The van der Waals surface area contributed by atoms with Crippen LogP contribution in [0.4, 0.5) is 0 Å². The summed E-state index contributed by atoms with van der Waals surface area (Å²) in [6.07, 6.45) is 4.72. The summed E-state index contributed by atoms with van der Waals surface area (Å²) in [5.74, 6) is -0.987. The quantitative estimate of drug-likeness (QED) is 0.783. The molecule has 0 amide bonds. The average molecular weight is 304 g/mol. The Morgan fingerprint density at radius 2 is 1.85 bits per heavy atom. The predicted molar refractivity (Wildman–Crippen MR) is 76.1 cm³/mol. The number of carboxylic acids is 1. The summed E-state index contributed by atoms with van der Waals surface area (Å²) in [5, 5.41) is 8.57. The summed E-state index contributed by atoms with van der Waals surface area (Å²) in [6.45, 7) is 3.32.